The van der Waals surface area contributed by atoms with Crippen LogP contribution in [0.15, 0.2) is 168 Å². The van der Waals surface area contributed by atoms with Gasteiger partial charge in [0.1, 0.15) is 11.2 Å². The van der Waals surface area contributed by atoms with Gasteiger partial charge in [-0.15, -0.1) is 0 Å². The quantitative estimate of drug-likeness (QED) is 0.209. The predicted molar refractivity (Wildman–Crippen MR) is 184 cm³/mol. The fourth-order valence-corrected chi connectivity index (χ4v) is 6.70. The largest absolute Gasteiger partial charge is 0.456 e. The Morgan fingerprint density at radius 3 is 1.77 bits per heavy atom. The molecule has 0 fully saturated rings. The van der Waals surface area contributed by atoms with Crippen LogP contribution < -0.4 is 0 Å². The summed E-state index contributed by atoms with van der Waals surface area (Å²) >= 11 is 0. The molecule has 0 aliphatic rings. The fraction of sp³-hybridized carbons (Fsp3) is 0. The van der Waals surface area contributed by atoms with Crippen LogP contribution in [-0.2, 0) is 0 Å². The highest BCUT2D eigenvalue weighted by molar-refractivity contribution is 6.11. The van der Waals surface area contributed by atoms with E-state index < -0.39 is 0 Å². The normalized spacial score (nSPS) is 11.6. The van der Waals surface area contributed by atoms with E-state index in [2.05, 4.69) is 156 Å². The van der Waals surface area contributed by atoms with Gasteiger partial charge in [0.2, 0.25) is 0 Å². The number of hydrogen-bond donors (Lipinski definition) is 0. The third-order valence-electron chi connectivity index (χ3n) is 8.83. The summed E-state index contributed by atoms with van der Waals surface area (Å²) in [5.74, 6) is 0. The first-order valence-electron chi connectivity index (χ1n) is 15.0. The van der Waals surface area contributed by atoms with Crippen molar-refractivity contribution in [2.45, 2.75) is 0 Å². The summed E-state index contributed by atoms with van der Waals surface area (Å²) in [7, 11) is 0. The van der Waals surface area contributed by atoms with Crippen LogP contribution in [0.1, 0.15) is 0 Å². The minimum Gasteiger partial charge on any atom is -0.456 e. The van der Waals surface area contributed by atoms with Crippen molar-refractivity contribution in [2.75, 3.05) is 0 Å². The number of nitrogens with zero attached hydrogens (tertiary/aromatic N) is 1. The van der Waals surface area contributed by atoms with E-state index in [0.29, 0.717) is 0 Å². The van der Waals surface area contributed by atoms with Crippen LogP contribution in [0.4, 0.5) is 0 Å². The highest BCUT2D eigenvalue weighted by Crippen LogP contribution is 2.39. The summed E-state index contributed by atoms with van der Waals surface area (Å²) in [6.45, 7) is 0. The van der Waals surface area contributed by atoms with Crippen LogP contribution in [0, 0.1) is 0 Å². The fourth-order valence-electron chi connectivity index (χ4n) is 6.70. The van der Waals surface area contributed by atoms with Crippen LogP contribution in [0.3, 0.4) is 0 Å². The molecule has 0 N–H and O–H groups in total. The average Bonchev–Trinajstić information content (AvgIpc) is 3.63. The number of hydrogen-bond acceptors (Lipinski definition) is 1. The Balaban J connectivity index is 1.17. The molecule has 0 aliphatic carbocycles. The SMILES string of the molecule is c1ccc(-c2ccc3c4ccccc4n(-c4ccccc4-c4ccc(-c5ccc6c(c5)oc5ccccc56)cc4)c3c2)cc1. The van der Waals surface area contributed by atoms with E-state index in [0.717, 1.165) is 33.1 Å². The topological polar surface area (TPSA) is 18.1 Å². The van der Waals surface area contributed by atoms with E-state index in [9.17, 15) is 0 Å². The van der Waals surface area contributed by atoms with Crippen LogP contribution in [-0.4, -0.2) is 4.57 Å². The third kappa shape index (κ3) is 3.89. The van der Waals surface area contributed by atoms with Crippen molar-refractivity contribution in [2.24, 2.45) is 0 Å². The van der Waals surface area contributed by atoms with Crippen molar-refractivity contribution in [1.29, 1.82) is 0 Å². The van der Waals surface area contributed by atoms with Crippen LogP contribution in [0.5, 0.6) is 0 Å². The third-order valence-corrected chi connectivity index (χ3v) is 8.83. The summed E-state index contributed by atoms with van der Waals surface area (Å²) in [6, 6.07) is 58.6. The molecule has 206 valence electrons. The number of rotatable bonds is 4. The number of furan rings is 1. The lowest BCUT2D eigenvalue weighted by atomic mass is 9.98. The van der Waals surface area contributed by atoms with Gasteiger partial charge in [0.15, 0.2) is 0 Å². The van der Waals surface area contributed by atoms with E-state index in [1.807, 2.05) is 12.1 Å². The van der Waals surface area contributed by atoms with Gasteiger partial charge in [-0.25, -0.2) is 0 Å². The van der Waals surface area contributed by atoms with Gasteiger partial charge in [0.25, 0.3) is 0 Å². The van der Waals surface area contributed by atoms with Crippen molar-refractivity contribution in [3.05, 3.63) is 164 Å². The van der Waals surface area contributed by atoms with Gasteiger partial charge < -0.3 is 8.98 Å². The Hall–Kier alpha value is -5.86. The molecule has 0 atom stereocenters. The van der Waals surface area contributed by atoms with Gasteiger partial charge in [-0.3, -0.25) is 0 Å². The van der Waals surface area contributed by atoms with Gasteiger partial charge in [-0.2, -0.15) is 0 Å². The molecular weight excluding hydrogens is 534 g/mol. The maximum Gasteiger partial charge on any atom is 0.136 e. The molecule has 0 aliphatic heterocycles. The number of para-hydroxylation sites is 3. The molecule has 0 bridgehead atoms. The molecule has 7 aromatic carbocycles. The first-order chi connectivity index (χ1) is 21.8. The zero-order chi connectivity index (χ0) is 29.0. The minimum atomic E-state index is 0.916. The lowest BCUT2D eigenvalue weighted by molar-refractivity contribution is 0.669. The van der Waals surface area contributed by atoms with Gasteiger partial charge >= 0.3 is 0 Å². The second kappa shape index (κ2) is 9.86. The lowest BCUT2D eigenvalue weighted by Gasteiger charge is -2.15. The summed E-state index contributed by atoms with van der Waals surface area (Å²) in [4.78, 5) is 0. The van der Waals surface area contributed by atoms with E-state index >= 15 is 0 Å². The molecule has 0 unspecified atom stereocenters. The molecule has 2 nitrogen and oxygen atoms in total. The molecule has 2 aromatic heterocycles. The first-order valence-corrected chi connectivity index (χ1v) is 15.0. The van der Waals surface area contributed by atoms with Crippen molar-refractivity contribution in [3.8, 4) is 39.1 Å². The molecule has 2 heterocycles. The molecule has 0 saturated heterocycles. The van der Waals surface area contributed by atoms with Crippen LogP contribution >= 0.6 is 0 Å². The number of fused-ring (bicyclic) bond motifs is 6. The zero-order valence-electron chi connectivity index (χ0n) is 23.9. The maximum atomic E-state index is 6.17. The van der Waals surface area contributed by atoms with E-state index in [4.69, 9.17) is 4.42 Å². The number of aromatic nitrogens is 1. The molecule has 2 heteroatoms. The molecule has 0 saturated carbocycles. The summed E-state index contributed by atoms with van der Waals surface area (Å²) in [5, 5.41) is 4.82. The second-order valence-electron chi connectivity index (χ2n) is 11.4. The van der Waals surface area contributed by atoms with Crippen molar-refractivity contribution in [1.82, 2.24) is 4.57 Å². The van der Waals surface area contributed by atoms with Gasteiger partial charge in [-0.05, 0) is 64.2 Å². The number of benzene rings is 7. The predicted octanol–water partition coefficient (Wildman–Crippen LogP) is 11.7. The van der Waals surface area contributed by atoms with Crippen LogP contribution in [0.25, 0.3) is 82.8 Å². The highest BCUT2D eigenvalue weighted by Gasteiger charge is 2.16. The molecule has 0 radical (unpaired) electrons. The summed E-state index contributed by atoms with van der Waals surface area (Å²) in [5.41, 5.74) is 12.5. The van der Waals surface area contributed by atoms with E-state index in [1.165, 1.54) is 49.7 Å². The van der Waals surface area contributed by atoms with Gasteiger partial charge in [-0.1, -0.05) is 127 Å². The van der Waals surface area contributed by atoms with Crippen molar-refractivity contribution in [3.63, 3.8) is 0 Å². The Kier molecular flexibility index (Phi) is 5.54. The minimum absolute atomic E-state index is 0.916. The molecular formula is C42H27NO. The zero-order valence-corrected chi connectivity index (χ0v) is 23.9. The smallest absolute Gasteiger partial charge is 0.136 e. The molecule has 9 rings (SSSR count). The monoisotopic (exact) mass is 561 g/mol. The standard InChI is InChI=1S/C42H27NO/c1-2-10-28(11-3-1)31-22-24-35-34-13-5-8-16-39(34)43(40(35)26-31)38-15-7-4-12-33(38)30-20-18-29(19-21-30)32-23-25-37-36-14-6-9-17-41(36)44-42(37)27-32/h1-27H. The summed E-state index contributed by atoms with van der Waals surface area (Å²) in [6.07, 6.45) is 0. The second-order valence-corrected chi connectivity index (χ2v) is 11.4. The molecule has 0 spiro atoms. The molecule has 0 amide bonds. The van der Waals surface area contributed by atoms with Crippen LogP contribution in [0.2, 0.25) is 0 Å². The lowest BCUT2D eigenvalue weighted by Crippen LogP contribution is -1.97. The van der Waals surface area contributed by atoms with Crippen molar-refractivity contribution >= 4 is 43.7 Å². The maximum absolute atomic E-state index is 6.17. The van der Waals surface area contributed by atoms with E-state index in [1.54, 1.807) is 0 Å². The molecule has 44 heavy (non-hydrogen) atoms. The Labute approximate surface area is 255 Å². The van der Waals surface area contributed by atoms with E-state index in [-0.39, 0.29) is 0 Å². The Morgan fingerprint density at radius 1 is 0.341 bits per heavy atom. The Morgan fingerprint density at radius 2 is 0.909 bits per heavy atom. The van der Waals surface area contributed by atoms with Gasteiger partial charge in [0, 0.05) is 27.1 Å². The van der Waals surface area contributed by atoms with Gasteiger partial charge in [0.05, 0.1) is 16.7 Å². The molecule has 9 aromatic rings. The Bertz CT molecular complexity index is 2480. The highest BCUT2D eigenvalue weighted by atomic mass is 16.3. The summed E-state index contributed by atoms with van der Waals surface area (Å²) < 4.78 is 8.60. The van der Waals surface area contributed by atoms with Crippen molar-refractivity contribution < 1.29 is 4.42 Å². The average molecular weight is 562 g/mol. The first kappa shape index (κ1) is 24.7.